The minimum absolute atomic E-state index is 0.689. The maximum absolute atomic E-state index is 5.77. The largest absolute Gasteiger partial charge is 0.377 e. The average molecular weight is 263 g/mol. The van der Waals surface area contributed by atoms with Gasteiger partial charge in [0.2, 0.25) is 0 Å². The zero-order valence-corrected chi connectivity index (χ0v) is 12.9. The molecule has 0 saturated heterocycles. The second kappa shape index (κ2) is 9.11. The lowest BCUT2D eigenvalue weighted by molar-refractivity contribution is 0.110. The van der Waals surface area contributed by atoms with E-state index in [-0.39, 0.29) is 0 Å². The van der Waals surface area contributed by atoms with Crippen LogP contribution in [0, 0.1) is 11.8 Å². The summed E-state index contributed by atoms with van der Waals surface area (Å²) in [7, 11) is 0. The molecule has 0 atom stereocenters. The van der Waals surface area contributed by atoms with Crippen LogP contribution in [-0.2, 0) is 17.9 Å². The van der Waals surface area contributed by atoms with Crippen molar-refractivity contribution in [1.82, 2.24) is 5.32 Å². The van der Waals surface area contributed by atoms with Crippen molar-refractivity contribution in [1.29, 1.82) is 0 Å². The highest BCUT2D eigenvalue weighted by Crippen LogP contribution is 2.11. The van der Waals surface area contributed by atoms with Gasteiger partial charge in [-0.3, -0.25) is 0 Å². The SMILES string of the molecule is CC(C)CCOCc1ccccc1CNCC(C)C. The van der Waals surface area contributed by atoms with Crippen molar-refractivity contribution in [2.24, 2.45) is 11.8 Å². The van der Waals surface area contributed by atoms with Crippen LogP contribution in [0.5, 0.6) is 0 Å². The highest BCUT2D eigenvalue weighted by Gasteiger charge is 2.03. The normalized spacial score (nSPS) is 11.5. The third-order valence-corrected chi connectivity index (χ3v) is 3.08. The molecule has 0 amide bonds. The lowest BCUT2D eigenvalue weighted by atomic mass is 10.1. The second-order valence-corrected chi connectivity index (χ2v) is 6.03. The van der Waals surface area contributed by atoms with E-state index in [4.69, 9.17) is 4.74 Å². The van der Waals surface area contributed by atoms with Gasteiger partial charge in [-0.1, -0.05) is 52.0 Å². The van der Waals surface area contributed by atoms with Crippen LogP contribution in [0.2, 0.25) is 0 Å². The molecule has 0 unspecified atom stereocenters. The Morgan fingerprint density at radius 2 is 1.68 bits per heavy atom. The predicted octanol–water partition coefficient (Wildman–Crippen LogP) is 3.99. The first-order chi connectivity index (χ1) is 9.09. The second-order valence-electron chi connectivity index (χ2n) is 6.03. The molecule has 1 aromatic rings. The lowest BCUT2D eigenvalue weighted by Gasteiger charge is -2.12. The van der Waals surface area contributed by atoms with Crippen LogP contribution in [0.15, 0.2) is 24.3 Å². The topological polar surface area (TPSA) is 21.3 Å². The van der Waals surface area contributed by atoms with Gasteiger partial charge in [-0.25, -0.2) is 0 Å². The van der Waals surface area contributed by atoms with E-state index in [1.807, 2.05) is 0 Å². The summed E-state index contributed by atoms with van der Waals surface area (Å²) in [5, 5.41) is 3.49. The van der Waals surface area contributed by atoms with Crippen molar-refractivity contribution >= 4 is 0 Å². The van der Waals surface area contributed by atoms with E-state index in [0.29, 0.717) is 11.8 Å². The smallest absolute Gasteiger partial charge is 0.0720 e. The van der Waals surface area contributed by atoms with Crippen LogP contribution in [-0.4, -0.2) is 13.2 Å². The first-order valence-electron chi connectivity index (χ1n) is 7.44. The Balaban J connectivity index is 2.39. The van der Waals surface area contributed by atoms with Crippen LogP contribution in [0.3, 0.4) is 0 Å². The summed E-state index contributed by atoms with van der Waals surface area (Å²) in [5.41, 5.74) is 2.66. The fourth-order valence-electron chi connectivity index (χ4n) is 1.87. The van der Waals surface area contributed by atoms with Gasteiger partial charge in [0.15, 0.2) is 0 Å². The maximum atomic E-state index is 5.77. The van der Waals surface area contributed by atoms with Gasteiger partial charge >= 0.3 is 0 Å². The van der Waals surface area contributed by atoms with Crippen LogP contribution < -0.4 is 5.32 Å². The molecule has 0 bridgehead atoms. The van der Waals surface area contributed by atoms with Crippen LogP contribution >= 0.6 is 0 Å². The Morgan fingerprint density at radius 1 is 1.00 bits per heavy atom. The molecule has 108 valence electrons. The summed E-state index contributed by atoms with van der Waals surface area (Å²) in [4.78, 5) is 0. The van der Waals surface area contributed by atoms with Crippen LogP contribution in [0.25, 0.3) is 0 Å². The van der Waals surface area contributed by atoms with Crippen LogP contribution in [0.1, 0.15) is 45.2 Å². The zero-order valence-electron chi connectivity index (χ0n) is 12.9. The first kappa shape index (κ1) is 16.2. The standard InChI is InChI=1S/C17H29NO/c1-14(2)9-10-19-13-17-8-6-5-7-16(17)12-18-11-15(3)4/h5-8,14-15,18H,9-13H2,1-4H3. The molecule has 0 saturated carbocycles. The third-order valence-electron chi connectivity index (χ3n) is 3.08. The van der Waals surface area contributed by atoms with Gasteiger partial charge < -0.3 is 10.1 Å². The van der Waals surface area contributed by atoms with E-state index in [9.17, 15) is 0 Å². The number of hydrogen-bond acceptors (Lipinski definition) is 2. The van der Waals surface area contributed by atoms with Gasteiger partial charge in [-0.2, -0.15) is 0 Å². The van der Waals surface area contributed by atoms with Crippen LogP contribution in [0.4, 0.5) is 0 Å². The van der Waals surface area contributed by atoms with Crippen molar-refractivity contribution < 1.29 is 4.74 Å². The Bertz CT molecular complexity index is 347. The molecule has 0 aliphatic carbocycles. The highest BCUT2D eigenvalue weighted by molar-refractivity contribution is 5.26. The third kappa shape index (κ3) is 7.34. The average Bonchev–Trinajstić information content (AvgIpc) is 2.35. The summed E-state index contributed by atoms with van der Waals surface area (Å²) in [6.45, 7) is 12.5. The molecule has 0 aliphatic rings. The molecule has 2 heteroatoms. The number of rotatable bonds is 9. The summed E-state index contributed by atoms with van der Waals surface area (Å²) in [5.74, 6) is 1.40. The Kier molecular flexibility index (Phi) is 7.76. The maximum Gasteiger partial charge on any atom is 0.0720 e. The molecule has 1 aromatic carbocycles. The highest BCUT2D eigenvalue weighted by atomic mass is 16.5. The van der Waals surface area contributed by atoms with Crippen molar-refractivity contribution in [2.75, 3.05) is 13.2 Å². The van der Waals surface area contributed by atoms with Crippen molar-refractivity contribution in [3.63, 3.8) is 0 Å². The molecule has 0 heterocycles. The van der Waals surface area contributed by atoms with E-state index in [2.05, 4.69) is 57.3 Å². The molecule has 0 aromatic heterocycles. The summed E-state index contributed by atoms with van der Waals surface area (Å²) >= 11 is 0. The molecule has 0 fully saturated rings. The van der Waals surface area contributed by atoms with Crippen molar-refractivity contribution in [3.8, 4) is 0 Å². The predicted molar refractivity (Wildman–Crippen MR) is 82.1 cm³/mol. The van der Waals surface area contributed by atoms with Gasteiger partial charge in [-0.05, 0) is 35.9 Å². The first-order valence-corrected chi connectivity index (χ1v) is 7.44. The summed E-state index contributed by atoms with van der Waals surface area (Å²) in [6.07, 6.45) is 1.13. The minimum atomic E-state index is 0.689. The van der Waals surface area contributed by atoms with Crippen molar-refractivity contribution in [3.05, 3.63) is 35.4 Å². The molecule has 1 N–H and O–H groups in total. The summed E-state index contributed by atoms with van der Waals surface area (Å²) in [6, 6.07) is 8.55. The quantitative estimate of drug-likeness (QED) is 0.680. The molecule has 0 radical (unpaired) electrons. The number of hydrogen-bond donors (Lipinski definition) is 1. The number of nitrogens with one attached hydrogen (secondary N) is 1. The molecule has 19 heavy (non-hydrogen) atoms. The van der Waals surface area contributed by atoms with E-state index in [1.54, 1.807) is 0 Å². The number of benzene rings is 1. The molecular formula is C17H29NO. The Labute approximate surface area is 118 Å². The van der Waals surface area contributed by atoms with Gasteiger partial charge in [0.25, 0.3) is 0 Å². The van der Waals surface area contributed by atoms with Crippen molar-refractivity contribution in [2.45, 2.75) is 47.3 Å². The summed E-state index contributed by atoms with van der Waals surface area (Å²) < 4.78 is 5.77. The molecule has 1 rings (SSSR count). The molecule has 0 aliphatic heterocycles. The lowest BCUT2D eigenvalue weighted by Crippen LogP contribution is -2.19. The monoisotopic (exact) mass is 263 g/mol. The zero-order chi connectivity index (χ0) is 14.1. The van der Waals surface area contributed by atoms with E-state index in [1.165, 1.54) is 11.1 Å². The minimum Gasteiger partial charge on any atom is -0.377 e. The number of ether oxygens (including phenoxy) is 1. The van der Waals surface area contributed by atoms with Gasteiger partial charge in [0.1, 0.15) is 0 Å². The molecule has 0 spiro atoms. The van der Waals surface area contributed by atoms with Gasteiger partial charge in [0, 0.05) is 13.2 Å². The Morgan fingerprint density at radius 3 is 2.32 bits per heavy atom. The molecular weight excluding hydrogens is 234 g/mol. The van der Waals surface area contributed by atoms with E-state index >= 15 is 0 Å². The fourth-order valence-corrected chi connectivity index (χ4v) is 1.87. The Hall–Kier alpha value is -0.860. The van der Waals surface area contributed by atoms with Gasteiger partial charge in [0.05, 0.1) is 6.61 Å². The van der Waals surface area contributed by atoms with E-state index < -0.39 is 0 Å². The van der Waals surface area contributed by atoms with Gasteiger partial charge in [-0.15, -0.1) is 0 Å². The molecule has 2 nitrogen and oxygen atoms in total. The fraction of sp³-hybridized carbons (Fsp3) is 0.647. The van der Waals surface area contributed by atoms with E-state index in [0.717, 1.165) is 32.7 Å².